The Labute approximate surface area is 147 Å². The first-order valence-electron chi connectivity index (χ1n) is 8.49. The Hall–Kier alpha value is -2.53. The molecular formula is C20H23NO4. The van der Waals surface area contributed by atoms with Crippen molar-refractivity contribution in [3.63, 3.8) is 0 Å². The third-order valence-corrected chi connectivity index (χ3v) is 4.23. The number of rotatable bonds is 6. The van der Waals surface area contributed by atoms with E-state index in [1.807, 2.05) is 43.3 Å². The maximum absolute atomic E-state index is 12.6. The smallest absolute Gasteiger partial charge is 0.254 e. The van der Waals surface area contributed by atoms with E-state index in [1.54, 1.807) is 7.11 Å². The summed E-state index contributed by atoms with van der Waals surface area (Å²) in [6.07, 6.45) is 0.297. The highest BCUT2D eigenvalue weighted by molar-refractivity contribution is 5.82. The number of carbonyl (C=O) groups is 1. The van der Waals surface area contributed by atoms with Crippen LogP contribution in [0, 0.1) is 0 Å². The van der Waals surface area contributed by atoms with E-state index < -0.39 is 6.10 Å². The number of fused-ring (bicyclic) bond motifs is 1. The molecular weight excluding hydrogens is 318 g/mol. The molecule has 2 aromatic carbocycles. The van der Waals surface area contributed by atoms with Crippen molar-refractivity contribution < 1.29 is 19.0 Å². The highest BCUT2D eigenvalue weighted by Gasteiger charge is 2.26. The summed E-state index contributed by atoms with van der Waals surface area (Å²) in [7, 11) is 1.61. The van der Waals surface area contributed by atoms with Crippen molar-refractivity contribution >= 4 is 5.91 Å². The second-order valence-corrected chi connectivity index (χ2v) is 5.84. The second-order valence-electron chi connectivity index (χ2n) is 5.84. The molecule has 1 aliphatic rings. The van der Waals surface area contributed by atoms with Gasteiger partial charge in [-0.1, -0.05) is 30.3 Å². The topological polar surface area (TPSA) is 56.8 Å². The predicted octanol–water partition coefficient (Wildman–Crippen LogP) is 3.02. The molecule has 0 aliphatic carbocycles. The highest BCUT2D eigenvalue weighted by atomic mass is 16.5. The summed E-state index contributed by atoms with van der Waals surface area (Å²) in [5.74, 6) is 1.23. The van der Waals surface area contributed by atoms with Crippen molar-refractivity contribution in [3.05, 3.63) is 59.2 Å². The SMILES string of the molecule is CCOc1cc(CNC(=O)[C@H]2OCCc3ccccc32)ccc1OC. The van der Waals surface area contributed by atoms with Crippen LogP contribution in [0.1, 0.15) is 29.7 Å². The van der Waals surface area contributed by atoms with Crippen molar-refractivity contribution in [3.8, 4) is 11.5 Å². The monoisotopic (exact) mass is 341 g/mol. The third-order valence-electron chi connectivity index (χ3n) is 4.23. The Morgan fingerprint density at radius 3 is 2.88 bits per heavy atom. The van der Waals surface area contributed by atoms with Gasteiger partial charge in [-0.3, -0.25) is 4.79 Å². The summed E-state index contributed by atoms with van der Waals surface area (Å²) < 4.78 is 16.6. The van der Waals surface area contributed by atoms with Gasteiger partial charge in [0.05, 0.1) is 20.3 Å². The van der Waals surface area contributed by atoms with Crippen molar-refractivity contribution in [1.29, 1.82) is 0 Å². The van der Waals surface area contributed by atoms with Gasteiger partial charge in [-0.05, 0) is 42.2 Å². The Bertz CT molecular complexity index is 744. The normalized spacial score (nSPS) is 16.0. The molecule has 132 valence electrons. The first-order valence-corrected chi connectivity index (χ1v) is 8.49. The summed E-state index contributed by atoms with van der Waals surface area (Å²) in [5, 5.41) is 2.96. The zero-order chi connectivity index (χ0) is 17.6. The zero-order valence-electron chi connectivity index (χ0n) is 14.6. The van der Waals surface area contributed by atoms with Gasteiger partial charge >= 0.3 is 0 Å². The van der Waals surface area contributed by atoms with E-state index >= 15 is 0 Å². The van der Waals surface area contributed by atoms with Crippen LogP contribution in [0.3, 0.4) is 0 Å². The fourth-order valence-electron chi connectivity index (χ4n) is 2.99. The van der Waals surface area contributed by atoms with Crippen molar-refractivity contribution in [2.75, 3.05) is 20.3 Å². The van der Waals surface area contributed by atoms with Crippen LogP contribution >= 0.6 is 0 Å². The molecule has 2 aromatic rings. The average Bonchev–Trinajstić information content (AvgIpc) is 2.66. The lowest BCUT2D eigenvalue weighted by molar-refractivity contribution is -0.134. The van der Waals surface area contributed by atoms with Gasteiger partial charge in [0.1, 0.15) is 0 Å². The molecule has 5 nitrogen and oxygen atoms in total. The summed E-state index contributed by atoms with van der Waals surface area (Å²) >= 11 is 0. The van der Waals surface area contributed by atoms with Gasteiger partial charge in [0.15, 0.2) is 17.6 Å². The maximum Gasteiger partial charge on any atom is 0.254 e. The van der Waals surface area contributed by atoms with Gasteiger partial charge in [0, 0.05) is 6.54 Å². The number of hydrogen-bond acceptors (Lipinski definition) is 4. The van der Waals surface area contributed by atoms with Crippen molar-refractivity contribution in [1.82, 2.24) is 5.32 Å². The van der Waals surface area contributed by atoms with E-state index in [0.717, 1.165) is 17.5 Å². The molecule has 0 fully saturated rings. The number of hydrogen-bond donors (Lipinski definition) is 1. The molecule has 5 heteroatoms. The fraction of sp³-hybridized carbons (Fsp3) is 0.350. The van der Waals surface area contributed by atoms with Crippen LogP contribution in [0.5, 0.6) is 11.5 Å². The summed E-state index contributed by atoms with van der Waals surface area (Å²) in [4.78, 5) is 12.6. The van der Waals surface area contributed by atoms with E-state index in [-0.39, 0.29) is 5.91 Å². The van der Waals surface area contributed by atoms with Gasteiger partial charge in [-0.15, -0.1) is 0 Å². The van der Waals surface area contributed by atoms with Crippen LogP contribution in [-0.4, -0.2) is 26.2 Å². The van der Waals surface area contributed by atoms with E-state index in [0.29, 0.717) is 31.3 Å². The number of nitrogens with one attached hydrogen (secondary N) is 1. The van der Waals surface area contributed by atoms with Crippen LogP contribution in [0.25, 0.3) is 0 Å². The molecule has 1 atom stereocenters. The average molecular weight is 341 g/mol. The van der Waals surface area contributed by atoms with Gasteiger partial charge in [-0.2, -0.15) is 0 Å². The Morgan fingerprint density at radius 2 is 2.08 bits per heavy atom. The summed E-state index contributed by atoms with van der Waals surface area (Å²) in [5.41, 5.74) is 3.08. The van der Waals surface area contributed by atoms with Crippen LogP contribution in [0.4, 0.5) is 0 Å². The third kappa shape index (κ3) is 3.94. The lowest BCUT2D eigenvalue weighted by Crippen LogP contribution is -2.33. The maximum atomic E-state index is 12.6. The standard InChI is InChI=1S/C20H23NO4/c1-3-24-18-12-14(8-9-17(18)23-2)13-21-20(22)19-16-7-5-4-6-15(16)10-11-25-19/h4-9,12,19H,3,10-11,13H2,1-2H3,(H,21,22)/t19-/m0/s1. The molecule has 25 heavy (non-hydrogen) atoms. The molecule has 1 heterocycles. The summed E-state index contributed by atoms with van der Waals surface area (Å²) in [6.45, 7) is 3.45. The first-order chi connectivity index (χ1) is 12.2. The molecule has 0 unspecified atom stereocenters. The molecule has 0 bridgehead atoms. The van der Waals surface area contributed by atoms with Gasteiger partial charge in [0.25, 0.3) is 5.91 Å². The predicted molar refractivity (Wildman–Crippen MR) is 94.8 cm³/mol. The summed E-state index contributed by atoms with van der Waals surface area (Å²) in [6, 6.07) is 13.6. The Morgan fingerprint density at radius 1 is 1.24 bits per heavy atom. The molecule has 0 aromatic heterocycles. The Balaban J connectivity index is 1.68. The van der Waals surface area contributed by atoms with Crippen molar-refractivity contribution in [2.24, 2.45) is 0 Å². The van der Waals surface area contributed by atoms with Crippen LogP contribution < -0.4 is 14.8 Å². The molecule has 0 spiro atoms. The van der Waals surface area contributed by atoms with E-state index in [9.17, 15) is 4.79 Å². The number of ether oxygens (including phenoxy) is 3. The van der Waals surface area contributed by atoms with Gasteiger partial charge < -0.3 is 19.5 Å². The van der Waals surface area contributed by atoms with Crippen LogP contribution in [0.2, 0.25) is 0 Å². The largest absolute Gasteiger partial charge is 0.493 e. The molecule has 3 rings (SSSR count). The molecule has 1 aliphatic heterocycles. The molecule has 0 saturated heterocycles. The van der Waals surface area contributed by atoms with E-state index in [2.05, 4.69) is 11.4 Å². The number of carbonyl (C=O) groups excluding carboxylic acids is 1. The van der Waals surface area contributed by atoms with Gasteiger partial charge in [0.2, 0.25) is 0 Å². The Kier molecular flexibility index (Phi) is 5.56. The molecule has 0 saturated carbocycles. The van der Waals surface area contributed by atoms with E-state index in [1.165, 1.54) is 5.56 Å². The minimum atomic E-state index is -0.547. The molecule has 1 N–H and O–H groups in total. The number of methoxy groups -OCH3 is 1. The first kappa shape index (κ1) is 17.3. The quantitative estimate of drug-likeness (QED) is 0.877. The molecule has 0 radical (unpaired) electrons. The van der Waals surface area contributed by atoms with Crippen molar-refractivity contribution in [2.45, 2.75) is 26.0 Å². The molecule has 1 amide bonds. The fourth-order valence-corrected chi connectivity index (χ4v) is 2.99. The van der Waals surface area contributed by atoms with E-state index in [4.69, 9.17) is 14.2 Å². The minimum absolute atomic E-state index is 0.124. The minimum Gasteiger partial charge on any atom is -0.493 e. The second kappa shape index (κ2) is 8.03. The lowest BCUT2D eigenvalue weighted by atomic mass is 9.97. The van der Waals surface area contributed by atoms with Crippen LogP contribution in [-0.2, 0) is 22.5 Å². The number of benzene rings is 2. The van der Waals surface area contributed by atoms with Crippen LogP contribution in [0.15, 0.2) is 42.5 Å². The highest BCUT2D eigenvalue weighted by Crippen LogP contribution is 2.29. The van der Waals surface area contributed by atoms with Gasteiger partial charge in [-0.25, -0.2) is 0 Å². The lowest BCUT2D eigenvalue weighted by Gasteiger charge is -2.25. The zero-order valence-corrected chi connectivity index (χ0v) is 14.6. The number of amides is 1.